The van der Waals surface area contributed by atoms with E-state index in [9.17, 15) is 14.3 Å². The highest BCUT2D eigenvalue weighted by molar-refractivity contribution is 9.10. The van der Waals surface area contributed by atoms with Gasteiger partial charge < -0.3 is 5.11 Å². The zero-order valence-electron chi connectivity index (χ0n) is 11.7. The van der Waals surface area contributed by atoms with Crippen molar-refractivity contribution in [3.05, 3.63) is 34.1 Å². The van der Waals surface area contributed by atoms with Gasteiger partial charge in [-0.25, -0.2) is 4.39 Å². The van der Waals surface area contributed by atoms with Gasteiger partial charge in [0, 0.05) is 4.47 Å². The molecule has 20 heavy (non-hydrogen) atoms. The molecule has 0 atom stereocenters. The third-order valence-electron chi connectivity index (χ3n) is 4.63. The molecule has 0 saturated heterocycles. The Balaban J connectivity index is 2.22. The zero-order valence-corrected chi connectivity index (χ0v) is 13.2. The summed E-state index contributed by atoms with van der Waals surface area (Å²) >= 11 is 3.40. The molecule has 0 aromatic heterocycles. The number of aliphatic carboxylic acids is 1. The number of carboxylic acid groups (broad SMARTS) is 1. The lowest BCUT2D eigenvalue weighted by Gasteiger charge is -2.37. The Hall–Kier alpha value is -0.900. The van der Waals surface area contributed by atoms with Crippen molar-refractivity contribution in [2.45, 2.75) is 45.4 Å². The molecule has 0 radical (unpaired) electrons. The molecule has 0 aliphatic heterocycles. The fraction of sp³-hybridized carbons (Fsp3) is 0.562. The van der Waals surface area contributed by atoms with E-state index in [1.807, 2.05) is 0 Å². The van der Waals surface area contributed by atoms with Crippen LogP contribution in [0.1, 0.15) is 44.6 Å². The number of hydrogen-bond acceptors (Lipinski definition) is 1. The van der Waals surface area contributed by atoms with Crippen LogP contribution in [0.3, 0.4) is 0 Å². The lowest BCUT2D eigenvalue weighted by Crippen LogP contribution is -2.37. The summed E-state index contributed by atoms with van der Waals surface area (Å²) in [5.41, 5.74) is 0.0180. The lowest BCUT2D eigenvalue weighted by atomic mass is 9.67. The van der Waals surface area contributed by atoms with Crippen LogP contribution in [0.15, 0.2) is 22.7 Å². The van der Waals surface area contributed by atoms with Gasteiger partial charge in [0.15, 0.2) is 0 Å². The smallest absolute Gasteiger partial charge is 0.309 e. The van der Waals surface area contributed by atoms with Crippen LogP contribution in [0.5, 0.6) is 0 Å². The number of rotatable bonds is 4. The second-order valence-electron chi connectivity index (χ2n) is 5.85. The van der Waals surface area contributed by atoms with Gasteiger partial charge in [-0.15, -0.1) is 0 Å². The summed E-state index contributed by atoms with van der Waals surface area (Å²) in [4.78, 5) is 11.8. The average molecular weight is 343 g/mol. The van der Waals surface area contributed by atoms with Gasteiger partial charge in [0.05, 0.1) is 5.41 Å². The largest absolute Gasteiger partial charge is 0.481 e. The summed E-state index contributed by atoms with van der Waals surface area (Å²) in [6.07, 6.45) is 4.79. The Morgan fingerprint density at radius 2 is 2.10 bits per heavy atom. The Labute approximate surface area is 127 Å². The topological polar surface area (TPSA) is 37.3 Å². The first-order valence-corrected chi connectivity index (χ1v) is 7.93. The van der Waals surface area contributed by atoms with Gasteiger partial charge in [0.1, 0.15) is 5.82 Å². The molecule has 0 heterocycles. The normalized spacial score (nSPS) is 26.4. The van der Waals surface area contributed by atoms with Crippen LogP contribution in [-0.4, -0.2) is 11.1 Å². The second-order valence-corrected chi connectivity index (χ2v) is 6.70. The standard InChI is InChI=1S/C16H20BrFO2/c1-2-11-5-7-16(8-6-11,15(19)20)10-12-9-13(18)3-4-14(12)17/h3-4,9,11H,2,5-8,10H2,1H3,(H,19,20). The van der Waals surface area contributed by atoms with E-state index in [2.05, 4.69) is 22.9 Å². The molecule has 1 aliphatic rings. The van der Waals surface area contributed by atoms with Gasteiger partial charge in [-0.1, -0.05) is 29.3 Å². The SMILES string of the molecule is CCC1CCC(Cc2cc(F)ccc2Br)(C(=O)O)CC1. The van der Waals surface area contributed by atoms with Crippen LogP contribution in [0.2, 0.25) is 0 Å². The Morgan fingerprint density at radius 3 is 2.65 bits per heavy atom. The third kappa shape index (κ3) is 3.22. The van der Waals surface area contributed by atoms with Gasteiger partial charge in [-0.05, 0) is 61.8 Å². The number of carboxylic acids is 1. The molecule has 1 saturated carbocycles. The van der Waals surface area contributed by atoms with Crippen LogP contribution >= 0.6 is 15.9 Å². The van der Waals surface area contributed by atoms with Crippen LogP contribution in [-0.2, 0) is 11.2 Å². The molecule has 2 rings (SSSR count). The minimum Gasteiger partial charge on any atom is -0.481 e. The number of halogens is 2. The first kappa shape index (κ1) is 15.5. The maximum Gasteiger partial charge on any atom is 0.309 e. The molecule has 0 amide bonds. The van der Waals surface area contributed by atoms with Gasteiger partial charge in [0.2, 0.25) is 0 Å². The predicted octanol–water partition coefficient (Wildman–Crippen LogP) is 4.80. The molecule has 0 bridgehead atoms. The lowest BCUT2D eigenvalue weighted by molar-refractivity contribution is -0.151. The Kier molecular flexibility index (Phi) is 4.84. The van der Waals surface area contributed by atoms with Crippen LogP contribution < -0.4 is 0 Å². The number of hydrogen-bond donors (Lipinski definition) is 1. The van der Waals surface area contributed by atoms with Crippen LogP contribution in [0, 0.1) is 17.2 Å². The molecule has 0 unspecified atom stereocenters. The van der Waals surface area contributed by atoms with Crippen molar-refractivity contribution in [3.8, 4) is 0 Å². The van der Waals surface area contributed by atoms with Crippen molar-refractivity contribution >= 4 is 21.9 Å². The molecule has 2 nitrogen and oxygen atoms in total. The van der Waals surface area contributed by atoms with E-state index in [0.29, 0.717) is 25.2 Å². The fourth-order valence-electron chi connectivity index (χ4n) is 3.15. The summed E-state index contributed by atoms with van der Waals surface area (Å²) in [7, 11) is 0. The highest BCUT2D eigenvalue weighted by Gasteiger charge is 2.41. The molecular formula is C16H20BrFO2. The summed E-state index contributed by atoms with van der Waals surface area (Å²) in [6.45, 7) is 2.15. The second kappa shape index (κ2) is 6.25. The monoisotopic (exact) mass is 342 g/mol. The molecule has 1 fully saturated rings. The summed E-state index contributed by atoms with van der Waals surface area (Å²) in [5, 5.41) is 9.66. The number of benzene rings is 1. The third-order valence-corrected chi connectivity index (χ3v) is 5.40. The van der Waals surface area contributed by atoms with Gasteiger partial charge in [-0.3, -0.25) is 4.79 Å². The minimum atomic E-state index is -0.747. The van der Waals surface area contributed by atoms with Gasteiger partial charge in [-0.2, -0.15) is 0 Å². The predicted molar refractivity (Wildman–Crippen MR) is 80.1 cm³/mol. The van der Waals surface area contributed by atoms with Crippen molar-refractivity contribution in [2.75, 3.05) is 0 Å². The molecule has 0 spiro atoms. The van der Waals surface area contributed by atoms with E-state index in [-0.39, 0.29) is 5.82 Å². The maximum absolute atomic E-state index is 13.4. The van der Waals surface area contributed by atoms with E-state index in [4.69, 9.17) is 0 Å². The van der Waals surface area contributed by atoms with Crippen molar-refractivity contribution < 1.29 is 14.3 Å². The van der Waals surface area contributed by atoms with Crippen molar-refractivity contribution in [3.63, 3.8) is 0 Å². The summed E-state index contributed by atoms with van der Waals surface area (Å²) in [6, 6.07) is 4.48. The van der Waals surface area contributed by atoms with E-state index in [1.54, 1.807) is 6.07 Å². The molecule has 1 aromatic rings. The summed E-state index contributed by atoms with van der Waals surface area (Å²) < 4.78 is 14.2. The molecule has 1 aliphatic carbocycles. The molecule has 110 valence electrons. The quantitative estimate of drug-likeness (QED) is 0.852. The van der Waals surface area contributed by atoms with E-state index >= 15 is 0 Å². The fourth-order valence-corrected chi connectivity index (χ4v) is 3.53. The van der Waals surface area contributed by atoms with E-state index < -0.39 is 11.4 Å². The Bertz CT molecular complexity index is 493. The van der Waals surface area contributed by atoms with E-state index in [0.717, 1.165) is 29.3 Å². The Morgan fingerprint density at radius 1 is 1.45 bits per heavy atom. The highest BCUT2D eigenvalue weighted by atomic mass is 79.9. The van der Waals surface area contributed by atoms with Crippen molar-refractivity contribution in [1.29, 1.82) is 0 Å². The molecular weight excluding hydrogens is 323 g/mol. The van der Waals surface area contributed by atoms with Crippen LogP contribution in [0.25, 0.3) is 0 Å². The number of carbonyl (C=O) groups is 1. The van der Waals surface area contributed by atoms with Crippen molar-refractivity contribution in [2.24, 2.45) is 11.3 Å². The average Bonchev–Trinajstić information content (AvgIpc) is 2.43. The molecule has 1 N–H and O–H groups in total. The minimum absolute atomic E-state index is 0.314. The molecule has 1 aromatic carbocycles. The first-order chi connectivity index (χ1) is 9.47. The van der Waals surface area contributed by atoms with Crippen LogP contribution in [0.4, 0.5) is 4.39 Å². The maximum atomic E-state index is 13.4. The van der Waals surface area contributed by atoms with Gasteiger partial charge >= 0.3 is 5.97 Å². The van der Waals surface area contributed by atoms with Crippen molar-refractivity contribution in [1.82, 2.24) is 0 Å². The zero-order chi connectivity index (χ0) is 14.8. The summed E-state index contributed by atoms with van der Waals surface area (Å²) in [5.74, 6) is -0.423. The molecule has 4 heteroatoms. The van der Waals surface area contributed by atoms with Gasteiger partial charge in [0.25, 0.3) is 0 Å². The van der Waals surface area contributed by atoms with E-state index in [1.165, 1.54) is 12.1 Å². The first-order valence-electron chi connectivity index (χ1n) is 7.14. The highest BCUT2D eigenvalue weighted by Crippen LogP contribution is 2.43.